The van der Waals surface area contributed by atoms with E-state index < -0.39 is 10.0 Å². The number of sulfonamides is 1. The Balaban J connectivity index is 2.20. The maximum Gasteiger partial charge on any atom is 0.211 e. The van der Waals surface area contributed by atoms with Crippen LogP contribution in [0, 0.1) is 0 Å². The van der Waals surface area contributed by atoms with E-state index in [2.05, 4.69) is 29.2 Å². The fourth-order valence-electron chi connectivity index (χ4n) is 2.85. The van der Waals surface area contributed by atoms with Crippen LogP contribution in [-0.2, 0) is 16.6 Å². The van der Waals surface area contributed by atoms with Gasteiger partial charge in [-0.15, -0.1) is 0 Å². The number of nitrogens with zero attached hydrogens (tertiary/aromatic N) is 2. The molecule has 20 heavy (non-hydrogen) atoms. The highest BCUT2D eigenvalue weighted by molar-refractivity contribution is 7.88. The summed E-state index contributed by atoms with van der Waals surface area (Å²) in [6.07, 6.45) is 4.28. The maximum atomic E-state index is 11.9. The van der Waals surface area contributed by atoms with Crippen molar-refractivity contribution in [3.63, 3.8) is 0 Å². The molecule has 112 valence electrons. The van der Waals surface area contributed by atoms with Crippen molar-refractivity contribution in [3.05, 3.63) is 35.4 Å². The Morgan fingerprint density at radius 2 is 1.85 bits per heavy atom. The highest BCUT2D eigenvalue weighted by Crippen LogP contribution is 2.32. The molecule has 1 heterocycles. The highest BCUT2D eigenvalue weighted by atomic mass is 32.2. The summed E-state index contributed by atoms with van der Waals surface area (Å²) < 4.78 is 25.5. The molecule has 1 aromatic carbocycles. The SMILES string of the molecule is CN(C)Cc1ccc([C@H]2CCCCN2S(C)(=O)=O)cc1. The standard InChI is InChI=1S/C15H24N2O2S/c1-16(2)12-13-7-9-14(10-8-13)15-6-4-5-11-17(15)20(3,18)19/h7-10,15H,4-6,11-12H2,1-3H3/t15-/m1/s1. The largest absolute Gasteiger partial charge is 0.305 e. The molecule has 1 saturated heterocycles. The quantitative estimate of drug-likeness (QED) is 0.855. The van der Waals surface area contributed by atoms with Gasteiger partial charge in [0.2, 0.25) is 10.0 Å². The van der Waals surface area contributed by atoms with E-state index in [0.717, 1.165) is 31.4 Å². The van der Waals surface area contributed by atoms with Gasteiger partial charge in [0.05, 0.1) is 6.26 Å². The third-order valence-electron chi connectivity index (χ3n) is 3.74. The second-order valence-electron chi connectivity index (χ2n) is 5.86. The van der Waals surface area contributed by atoms with E-state index in [-0.39, 0.29) is 6.04 Å². The Kier molecular flexibility index (Phi) is 4.83. The number of hydrogen-bond donors (Lipinski definition) is 0. The molecule has 1 aromatic rings. The number of hydrogen-bond acceptors (Lipinski definition) is 3. The van der Waals surface area contributed by atoms with Crippen LogP contribution in [0.1, 0.15) is 36.4 Å². The number of piperidine rings is 1. The van der Waals surface area contributed by atoms with Gasteiger partial charge in [-0.2, -0.15) is 4.31 Å². The molecule has 4 nitrogen and oxygen atoms in total. The van der Waals surface area contributed by atoms with Crippen molar-refractivity contribution < 1.29 is 8.42 Å². The van der Waals surface area contributed by atoms with Crippen molar-refractivity contribution in [2.24, 2.45) is 0 Å². The van der Waals surface area contributed by atoms with Gasteiger partial charge in [-0.1, -0.05) is 30.7 Å². The zero-order valence-corrected chi connectivity index (χ0v) is 13.4. The molecule has 1 atom stereocenters. The topological polar surface area (TPSA) is 40.6 Å². The average Bonchev–Trinajstić information content (AvgIpc) is 2.38. The van der Waals surface area contributed by atoms with Crippen LogP contribution in [0.3, 0.4) is 0 Å². The van der Waals surface area contributed by atoms with Crippen LogP contribution >= 0.6 is 0 Å². The highest BCUT2D eigenvalue weighted by Gasteiger charge is 2.30. The molecule has 0 radical (unpaired) electrons. The van der Waals surface area contributed by atoms with Crippen molar-refractivity contribution in [2.45, 2.75) is 31.8 Å². The Morgan fingerprint density at radius 3 is 2.40 bits per heavy atom. The van der Waals surface area contributed by atoms with Gasteiger partial charge in [-0.05, 0) is 38.1 Å². The van der Waals surface area contributed by atoms with Crippen molar-refractivity contribution in [1.29, 1.82) is 0 Å². The summed E-state index contributed by atoms with van der Waals surface area (Å²) in [4.78, 5) is 2.12. The molecule has 1 aliphatic rings. The first-order valence-corrected chi connectivity index (χ1v) is 8.93. The Bertz CT molecular complexity index is 537. The molecule has 0 bridgehead atoms. The molecule has 0 saturated carbocycles. The fraction of sp³-hybridized carbons (Fsp3) is 0.600. The summed E-state index contributed by atoms with van der Waals surface area (Å²) in [6.45, 7) is 1.55. The molecule has 1 aliphatic heterocycles. The van der Waals surface area contributed by atoms with Crippen LogP contribution < -0.4 is 0 Å². The summed E-state index contributed by atoms with van der Waals surface area (Å²) in [6, 6.07) is 8.36. The lowest BCUT2D eigenvalue weighted by Crippen LogP contribution is -2.37. The van der Waals surface area contributed by atoms with Crippen molar-refractivity contribution in [1.82, 2.24) is 9.21 Å². The van der Waals surface area contributed by atoms with Crippen LogP contribution in [0.15, 0.2) is 24.3 Å². The van der Waals surface area contributed by atoms with Gasteiger partial charge in [0.1, 0.15) is 0 Å². The smallest absolute Gasteiger partial charge is 0.211 e. The van der Waals surface area contributed by atoms with Crippen molar-refractivity contribution >= 4 is 10.0 Å². The Morgan fingerprint density at radius 1 is 1.20 bits per heavy atom. The summed E-state index contributed by atoms with van der Waals surface area (Å²) in [5.74, 6) is 0. The lowest BCUT2D eigenvalue weighted by molar-refractivity contribution is 0.257. The third-order valence-corrected chi connectivity index (χ3v) is 5.03. The zero-order valence-electron chi connectivity index (χ0n) is 12.5. The lowest BCUT2D eigenvalue weighted by atomic mass is 9.96. The number of rotatable bonds is 4. The van der Waals surface area contributed by atoms with Gasteiger partial charge in [0.25, 0.3) is 0 Å². The van der Waals surface area contributed by atoms with Crippen LogP contribution in [0.2, 0.25) is 0 Å². The molecule has 5 heteroatoms. The minimum Gasteiger partial charge on any atom is -0.305 e. The first-order valence-electron chi connectivity index (χ1n) is 7.08. The van der Waals surface area contributed by atoms with Gasteiger partial charge < -0.3 is 4.90 Å². The summed E-state index contributed by atoms with van der Waals surface area (Å²) in [5, 5.41) is 0. The fourth-order valence-corrected chi connectivity index (χ4v) is 4.00. The average molecular weight is 296 g/mol. The van der Waals surface area contributed by atoms with Gasteiger partial charge >= 0.3 is 0 Å². The van der Waals surface area contributed by atoms with Gasteiger partial charge in [0, 0.05) is 19.1 Å². The predicted molar refractivity (Wildman–Crippen MR) is 82.0 cm³/mol. The van der Waals surface area contributed by atoms with Crippen molar-refractivity contribution in [3.8, 4) is 0 Å². The van der Waals surface area contributed by atoms with Crippen LogP contribution in [0.25, 0.3) is 0 Å². The van der Waals surface area contributed by atoms with E-state index in [1.165, 1.54) is 11.8 Å². The summed E-state index contributed by atoms with van der Waals surface area (Å²) in [5.41, 5.74) is 2.36. The number of benzene rings is 1. The first-order chi connectivity index (χ1) is 9.38. The third kappa shape index (κ3) is 3.81. The monoisotopic (exact) mass is 296 g/mol. The van der Waals surface area contributed by atoms with E-state index in [1.54, 1.807) is 4.31 Å². The van der Waals surface area contributed by atoms with Gasteiger partial charge in [0.15, 0.2) is 0 Å². The molecular weight excluding hydrogens is 272 g/mol. The van der Waals surface area contributed by atoms with E-state index in [9.17, 15) is 8.42 Å². The van der Waals surface area contributed by atoms with Crippen LogP contribution in [-0.4, -0.2) is 44.5 Å². The van der Waals surface area contributed by atoms with E-state index in [0.29, 0.717) is 6.54 Å². The molecule has 0 unspecified atom stereocenters. The molecule has 0 aromatic heterocycles. The summed E-state index contributed by atoms with van der Waals surface area (Å²) >= 11 is 0. The first kappa shape index (κ1) is 15.5. The van der Waals surface area contributed by atoms with E-state index in [4.69, 9.17) is 0 Å². The molecule has 0 N–H and O–H groups in total. The van der Waals surface area contributed by atoms with Gasteiger partial charge in [-0.25, -0.2) is 8.42 Å². The second-order valence-corrected chi connectivity index (χ2v) is 7.80. The molecular formula is C15H24N2O2S. The van der Waals surface area contributed by atoms with Gasteiger partial charge in [-0.3, -0.25) is 0 Å². The minimum absolute atomic E-state index is 0.00663. The Labute approximate surface area is 122 Å². The molecule has 0 amide bonds. The minimum atomic E-state index is -3.13. The maximum absolute atomic E-state index is 11.9. The zero-order chi connectivity index (χ0) is 14.8. The Hall–Kier alpha value is -0.910. The van der Waals surface area contributed by atoms with Crippen molar-refractivity contribution in [2.75, 3.05) is 26.9 Å². The molecule has 2 rings (SSSR count). The lowest BCUT2D eigenvalue weighted by Gasteiger charge is -2.34. The predicted octanol–water partition coefficient (Wildman–Crippen LogP) is 2.23. The molecule has 1 fully saturated rings. The van der Waals surface area contributed by atoms with Crippen LogP contribution in [0.5, 0.6) is 0 Å². The second kappa shape index (κ2) is 6.24. The van der Waals surface area contributed by atoms with E-state index >= 15 is 0 Å². The van der Waals surface area contributed by atoms with Crippen LogP contribution in [0.4, 0.5) is 0 Å². The molecule has 0 aliphatic carbocycles. The van der Waals surface area contributed by atoms with E-state index in [1.807, 2.05) is 14.1 Å². The molecule has 0 spiro atoms. The summed E-state index contributed by atoms with van der Waals surface area (Å²) in [7, 11) is 0.957. The normalized spacial score (nSPS) is 21.3.